The molecule has 3 heterocycles. The van der Waals surface area contributed by atoms with Crippen LogP contribution in [0.3, 0.4) is 0 Å². The lowest BCUT2D eigenvalue weighted by Gasteiger charge is -2.32. The number of H-pyrrole nitrogens is 1. The fraction of sp³-hybridized carbons (Fsp3) is 0.250. The Morgan fingerprint density at radius 2 is 2.08 bits per heavy atom. The van der Waals surface area contributed by atoms with Crippen LogP contribution in [-0.2, 0) is 6.18 Å². The molecule has 1 aliphatic heterocycles. The fourth-order valence-corrected chi connectivity index (χ4v) is 5.38. The molecule has 12 heteroatoms. The number of halogens is 4. The number of thiazole rings is 1. The molecule has 0 unspecified atom stereocenters. The van der Waals surface area contributed by atoms with Crippen molar-refractivity contribution in [1.29, 1.82) is 0 Å². The first-order valence-corrected chi connectivity index (χ1v) is 12.2. The van der Waals surface area contributed by atoms with Gasteiger partial charge in [-0.2, -0.15) is 23.3 Å². The number of nitrogens with one attached hydrogen (secondary N) is 2. The van der Waals surface area contributed by atoms with E-state index in [9.17, 15) is 23.4 Å². The SMILES string of the molecule is OC[C@H]1CN(c2nc(O)c(C(=Cc3ccc(Cl)cc3C(F)(F)F)c3ccc4[nH]ncc4c3)s2)CCN1. The van der Waals surface area contributed by atoms with E-state index >= 15 is 0 Å². The molecular formula is C24H21ClF3N5O2S. The Bertz CT molecular complexity index is 1430. The number of nitrogens with zero attached hydrogens (tertiary/aromatic N) is 3. The summed E-state index contributed by atoms with van der Waals surface area (Å²) < 4.78 is 41.6. The number of hydrogen-bond acceptors (Lipinski definition) is 7. The lowest BCUT2D eigenvalue weighted by atomic mass is 9.98. The summed E-state index contributed by atoms with van der Waals surface area (Å²) in [5, 5.41) is 31.7. The molecule has 0 saturated carbocycles. The molecular weight excluding hydrogens is 515 g/mol. The Kier molecular flexibility index (Phi) is 6.64. The Hall–Kier alpha value is -3.12. The summed E-state index contributed by atoms with van der Waals surface area (Å²) in [4.78, 5) is 6.58. The molecule has 4 N–H and O–H groups in total. The van der Waals surface area contributed by atoms with E-state index in [1.807, 2.05) is 4.90 Å². The Morgan fingerprint density at radius 1 is 1.25 bits per heavy atom. The molecule has 0 radical (unpaired) electrons. The van der Waals surface area contributed by atoms with Gasteiger partial charge in [0.15, 0.2) is 5.13 Å². The highest BCUT2D eigenvalue weighted by molar-refractivity contribution is 7.17. The zero-order chi connectivity index (χ0) is 25.4. The highest BCUT2D eigenvalue weighted by Crippen LogP contribution is 2.42. The van der Waals surface area contributed by atoms with E-state index in [4.69, 9.17) is 11.6 Å². The van der Waals surface area contributed by atoms with E-state index in [0.29, 0.717) is 40.8 Å². The minimum absolute atomic E-state index is 0.0269. The predicted octanol–water partition coefficient (Wildman–Crippen LogP) is 4.76. The van der Waals surface area contributed by atoms with Gasteiger partial charge in [0, 0.05) is 41.7 Å². The fourth-order valence-electron chi connectivity index (χ4n) is 4.18. The van der Waals surface area contributed by atoms with Crippen LogP contribution in [0.5, 0.6) is 5.88 Å². The number of aromatic nitrogens is 3. The molecule has 1 saturated heterocycles. The van der Waals surface area contributed by atoms with Crippen molar-refractivity contribution < 1.29 is 23.4 Å². The molecule has 0 aliphatic carbocycles. The van der Waals surface area contributed by atoms with Gasteiger partial charge in [-0.15, -0.1) is 0 Å². The van der Waals surface area contributed by atoms with Crippen LogP contribution in [0, 0.1) is 0 Å². The third kappa shape index (κ3) is 4.92. The van der Waals surface area contributed by atoms with Gasteiger partial charge in [-0.3, -0.25) is 5.10 Å². The second-order valence-electron chi connectivity index (χ2n) is 8.39. The van der Waals surface area contributed by atoms with Crippen LogP contribution < -0.4 is 10.2 Å². The number of hydrogen-bond donors (Lipinski definition) is 4. The van der Waals surface area contributed by atoms with Crippen molar-refractivity contribution in [2.75, 3.05) is 31.1 Å². The van der Waals surface area contributed by atoms with Gasteiger partial charge < -0.3 is 20.4 Å². The summed E-state index contributed by atoms with van der Waals surface area (Å²) in [7, 11) is 0. The van der Waals surface area contributed by atoms with Crippen molar-refractivity contribution >= 4 is 50.6 Å². The highest BCUT2D eigenvalue weighted by Gasteiger charge is 2.33. The normalized spacial score (nSPS) is 17.2. The minimum atomic E-state index is -4.63. The molecule has 188 valence electrons. The monoisotopic (exact) mass is 535 g/mol. The van der Waals surface area contributed by atoms with Crippen molar-refractivity contribution in [3.05, 3.63) is 69.2 Å². The number of anilines is 1. The summed E-state index contributed by atoms with van der Waals surface area (Å²) in [6.07, 6.45) is -1.61. The van der Waals surface area contributed by atoms with Crippen LogP contribution >= 0.6 is 22.9 Å². The van der Waals surface area contributed by atoms with E-state index in [0.717, 1.165) is 17.0 Å². The van der Waals surface area contributed by atoms with Crippen molar-refractivity contribution in [1.82, 2.24) is 20.5 Å². The van der Waals surface area contributed by atoms with Crippen LogP contribution in [0.4, 0.5) is 18.3 Å². The van der Waals surface area contributed by atoms with E-state index in [-0.39, 0.29) is 29.1 Å². The molecule has 0 bridgehead atoms. The van der Waals surface area contributed by atoms with Gasteiger partial charge in [0.25, 0.3) is 0 Å². The highest BCUT2D eigenvalue weighted by atomic mass is 35.5. The van der Waals surface area contributed by atoms with Crippen molar-refractivity contribution in [3.8, 4) is 5.88 Å². The first-order chi connectivity index (χ1) is 17.2. The molecule has 0 amide bonds. The summed E-state index contributed by atoms with van der Waals surface area (Å²) in [6, 6.07) is 8.77. The number of aliphatic hydroxyl groups is 1. The summed E-state index contributed by atoms with van der Waals surface area (Å²) in [6.45, 7) is 1.67. The summed E-state index contributed by atoms with van der Waals surface area (Å²) >= 11 is 7.06. The first kappa shape index (κ1) is 24.6. The van der Waals surface area contributed by atoms with Gasteiger partial charge in [0.2, 0.25) is 5.88 Å². The zero-order valence-corrected chi connectivity index (χ0v) is 20.3. The number of aromatic hydroxyl groups is 1. The standard InChI is InChI=1S/C24H21ClF3N5O2S/c25-16-3-1-14(19(9-16)24(26,27)28)8-18(13-2-4-20-15(7-13)10-30-32-20)21-22(35)31-23(36-21)33-6-5-29-17(11-33)12-34/h1-4,7-10,17,29,34-35H,5-6,11-12H2,(H,30,32)/t17-/m1/s1. The van der Waals surface area contributed by atoms with Crippen molar-refractivity contribution in [2.24, 2.45) is 0 Å². The van der Waals surface area contributed by atoms with E-state index in [1.165, 1.54) is 29.5 Å². The number of benzene rings is 2. The van der Waals surface area contributed by atoms with Gasteiger partial charge in [0.05, 0.1) is 23.9 Å². The van der Waals surface area contributed by atoms with Crippen LogP contribution in [-0.4, -0.2) is 57.7 Å². The average molecular weight is 536 g/mol. The number of alkyl halides is 3. The topological polar surface area (TPSA) is 97.3 Å². The molecule has 5 rings (SSSR count). The number of aromatic amines is 1. The van der Waals surface area contributed by atoms with Gasteiger partial charge in [0.1, 0.15) is 4.88 Å². The lowest BCUT2D eigenvalue weighted by Crippen LogP contribution is -2.52. The maximum atomic E-state index is 13.9. The second kappa shape index (κ2) is 9.74. The van der Waals surface area contributed by atoms with Crippen LogP contribution in [0.25, 0.3) is 22.6 Å². The Morgan fingerprint density at radius 3 is 2.86 bits per heavy atom. The van der Waals surface area contributed by atoms with E-state index in [1.54, 1.807) is 24.4 Å². The molecule has 1 fully saturated rings. The van der Waals surface area contributed by atoms with Gasteiger partial charge in [-0.05, 0) is 41.5 Å². The molecule has 1 aliphatic rings. The zero-order valence-electron chi connectivity index (χ0n) is 18.7. The van der Waals surface area contributed by atoms with E-state index < -0.39 is 11.7 Å². The van der Waals surface area contributed by atoms with Crippen molar-refractivity contribution in [2.45, 2.75) is 12.2 Å². The average Bonchev–Trinajstić information content (AvgIpc) is 3.48. The number of rotatable bonds is 5. The Labute approximate surface area is 212 Å². The maximum absolute atomic E-state index is 13.9. The van der Waals surface area contributed by atoms with Gasteiger partial charge in [-0.25, -0.2) is 0 Å². The maximum Gasteiger partial charge on any atom is 0.417 e. The van der Waals surface area contributed by atoms with Crippen molar-refractivity contribution in [3.63, 3.8) is 0 Å². The quantitative estimate of drug-likeness (QED) is 0.275. The first-order valence-electron chi connectivity index (χ1n) is 11.0. The third-order valence-electron chi connectivity index (χ3n) is 5.96. The lowest BCUT2D eigenvalue weighted by molar-refractivity contribution is -0.137. The molecule has 4 aromatic rings. The number of fused-ring (bicyclic) bond motifs is 1. The molecule has 1 atom stereocenters. The molecule has 2 aromatic heterocycles. The Balaban J connectivity index is 1.66. The number of aliphatic hydroxyl groups excluding tert-OH is 1. The second-order valence-corrected chi connectivity index (χ2v) is 9.80. The molecule has 2 aromatic carbocycles. The molecule has 36 heavy (non-hydrogen) atoms. The predicted molar refractivity (Wildman–Crippen MR) is 134 cm³/mol. The number of piperazine rings is 1. The van der Waals surface area contributed by atoms with Gasteiger partial charge in [-0.1, -0.05) is 35.1 Å². The summed E-state index contributed by atoms with van der Waals surface area (Å²) in [5.41, 5.74) is 0.762. The van der Waals surface area contributed by atoms with Crippen LogP contribution in [0.2, 0.25) is 5.02 Å². The molecule has 7 nitrogen and oxygen atoms in total. The summed E-state index contributed by atoms with van der Waals surface area (Å²) in [5.74, 6) is -0.282. The van der Waals surface area contributed by atoms with Gasteiger partial charge >= 0.3 is 6.18 Å². The third-order valence-corrected chi connectivity index (χ3v) is 7.33. The molecule has 0 spiro atoms. The van der Waals surface area contributed by atoms with Crippen LogP contribution in [0.1, 0.15) is 21.6 Å². The minimum Gasteiger partial charge on any atom is -0.492 e. The van der Waals surface area contributed by atoms with Crippen LogP contribution in [0.15, 0.2) is 42.6 Å². The van der Waals surface area contributed by atoms with E-state index in [2.05, 4.69) is 20.5 Å². The largest absolute Gasteiger partial charge is 0.492 e. The smallest absolute Gasteiger partial charge is 0.417 e.